The van der Waals surface area contributed by atoms with Crippen molar-refractivity contribution in [3.63, 3.8) is 0 Å². The predicted molar refractivity (Wildman–Crippen MR) is 64.8 cm³/mol. The molecule has 19 heavy (non-hydrogen) atoms. The summed E-state index contributed by atoms with van der Waals surface area (Å²) < 4.78 is 0. The molecule has 96 valence electrons. The molecular formula is C12H10N4O3. The number of nitrogens with zero attached hydrogens (tertiary/aromatic N) is 2. The second kappa shape index (κ2) is 4.78. The maximum absolute atomic E-state index is 12.0. The van der Waals surface area contributed by atoms with E-state index in [1.165, 1.54) is 18.2 Å². The molecule has 0 saturated heterocycles. The van der Waals surface area contributed by atoms with Crippen LogP contribution in [0.4, 0.5) is 5.69 Å². The summed E-state index contributed by atoms with van der Waals surface area (Å²) in [5.74, 6) is -1.66. The van der Waals surface area contributed by atoms with Crippen LogP contribution >= 0.6 is 0 Å². The summed E-state index contributed by atoms with van der Waals surface area (Å²) >= 11 is 0. The Labute approximate surface area is 108 Å². The minimum atomic E-state index is -0.566. The molecule has 0 radical (unpaired) electrons. The first-order chi connectivity index (χ1) is 9.04. The summed E-state index contributed by atoms with van der Waals surface area (Å²) in [5.41, 5.74) is 6.35. The minimum Gasteiger partial charge on any atom is -0.399 e. The van der Waals surface area contributed by atoms with Gasteiger partial charge in [0.1, 0.15) is 13.1 Å². The standard InChI is InChI=1S/C12H10N4O3/c13-3-4-15-10(17)6-16-11(18)8-2-1-7(14)5-9(8)12(16)19/h1-2,5H,4,6,14H2,(H,15,17). The third-order valence-electron chi connectivity index (χ3n) is 2.66. The smallest absolute Gasteiger partial charge is 0.262 e. The van der Waals surface area contributed by atoms with Crippen molar-refractivity contribution in [2.24, 2.45) is 0 Å². The Balaban J connectivity index is 2.19. The highest BCUT2D eigenvalue weighted by Crippen LogP contribution is 2.24. The number of carbonyl (C=O) groups excluding carboxylic acids is 3. The maximum atomic E-state index is 12.0. The zero-order valence-electron chi connectivity index (χ0n) is 9.84. The third-order valence-corrected chi connectivity index (χ3v) is 2.66. The first kappa shape index (κ1) is 12.6. The Bertz CT molecular complexity index is 618. The summed E-state index contributed by atoms with van der Waals surface area (Å²) in [6.45, 7) is -0.580. The number of nitrogen functional groups attached to an aromatic ring is 1. The molecule has 3 N–H and O–H groups in total. The van der Waals surface area contributed by atoms with E-state index in [-0.39, 0.29) is 17.7 Å². The second-order valence-corrected chi connectivity index (χ2v) is 3.94. The predicted octanol–water partition coefficient (Wildman–Crippen LogP) is -0.495. The molecule has 0 spiro atoms. The average Bonchev–Trinajstić information content (AvgIpc) is 2.61. The normalized spacial score (nSPS) is 13.1. The van der Waals surface area contributed by atoms with Crippen LogP contribution in [0.2, 0.25) is 0 Å². The lowest BCUT2D eigenvalue weighted by molar-refractivity contribution is -0.121. The Hall–Kier alpha value is -2.88. The van der Waals surface area contributed by atoms with Gasteiger partial charge >= 0.3 is 0 Å². The van der Waals surface area contributed by atoms with E-state index in [2.05, 4.69) is 5.32 Å². The molecule has 0 bridgehead atoms. The number of nitrogens with one attached hydrogen (secondary N) is 1. The molecule has 1 aromatic rings. The molecule has 1 aliphatic rings. The quantitative estimate of drug-likeness (QED) is 0.431. The van der Waals surface area contributed by atoms with E-state index in [0.717, 1.165) is 4.90 Å². The van der Waals surface area contributed by atoms with Gasteiger partial charge in [-0.25, -0.2) is 0 Å². The van der Waals surface area contributed by atoms with Crippen LogP contribution in [0.5, 0.6) is 0 Å². The number of hydrogen-bond acceptors (Lipinski definition) is 5. The lowest BCUT2D eigenvalue weighted by Gasteiger charge is -2.12. The molecule has 0 saturated carbocycles. The minimum absolute atomic E-state index is 0.172. The Morgan fingerprint density at radius 2 is 2.00 bits per heavy atom. The van der Waals surface area contributed by atoms with Gasteiger partial charge in [-0.15, -0.1) is 0 Å². The summed E-state index contributed by atoms with van der Waals surface area (Å²) in [4.78, 5) is 36.2. The van der Waals surface area contributed by atoms with E-state index in [9.17, 15) is 14.4 Å². The number of imide groups is 1. The number of nitrogens with two attached hydrogens (primary N) is 1. The molecular weight excluding hydrogens is 248 g/mol. The Morgan fingerprint density at radius 1 is 1.32 bits per heavy atom. The number of nitriles is 1. The molecule has 3 amide bonds. The van der Waals surface area contributed by atoms with Crippen molar-refractivity contribution in [2.45, 2.75) is 0 Å². The number of amides is 3. The largest absolute Gasteiger partial charge is 0.399 e. The van der Waals surface area contributed by atoms with E-state index in [0.29, 0.717) is 5.69 Å². The van der Waals surface area contributed by atoms with Crippen molar-refractivity contribution in [3.8, 4) is 6.07 Å². The van der Waals surface area contributed by atoms with Gasteiger partial charge in [-0.05, 0) is 18.2 Å². The van der Waals surface area contributed by atoms with Gasteiger partial charge in [-0.1, -0.05) is 0 Å². The van der Waals surface area contributed by atoms with Crippen LogP contribution in [0.15, 0.2) is 18.2 Å². The van der Waals surface area contributed by atoms with Crippen molar-refractivity contribution < 1.29 is 14.4 Å². The van der Waals surface area contributed by atoms with Crippen LogP contribution in [0, 0.1) is 11.3 Å². The molecule has 0 aromatic heterocycles. The average molecular weight is 258 g/mol. The van der Waals surface area contributed by atoms with Gasteiger partial charge < -0.3 is 11.1 Å². The SMILES string of the molecule is N#CCNC(=O)CN1C(=O)c2ccc(N)cc2C1=O. The zero-order valence-corrected chi connectivity index (χ0v) is 9.84. The highest BCUT2D eigenvalue weighted by Gasteiger charge is 2.36. The molecule has 2 rings (SSSR count). The topological polar surface area (TPSA) is 116 Å². The van der Waals surface area contributed by atoms with Crippen LogP contribution in [-0.4, -0.2) is 35.7 Å². The molecule has 1 heterocycles. The van der Waals surface area contributed by atoms with E-state index in [1.54, 1.807) is 6.07 Å². The monoisotopic (exact) mass is 258 g/mol. The van der Waals surface area contributed by atoms with Gasteiger partial charge in [0, 0.05) is 5.69 Å². The molecule has 1 aromatic carbocycles. The van der Waals surface area contributed by atoms with Gasteiger partial charge in [-0.3, -0.25) is 19.3 Å². The molecule has 0 aliphatic carbocycles. The number of carbonyl (C=O) groups is 3. The summed E-state index contributed by atoms with van der Waals surface area (Å²) in [6, 6.07) is 6.11. The molecule has 1 aliphatic heterocycles. The summed E-state index contributed by atoms with van der Waals surface area (Å²) in [7, 11) is 0. The van der Waals surface area contributed by atoms with E-state index in [4.69, 9.17) is 11.0 Å². The van der Waals surface area contributed by atoms with Crippen molar-refractivity contribution in [2.75, 3.05) is 18.8 Å². The second-order valence-electron chi connectivity index (χ2n) is 3.94. The fourth-order valence-electron chi connectivity index (χ4n) is 1.79. The van der Waals surface area contributed by atoms with Crippen LogP contribution in [0.1, 0.15) is 20.7 Å². The maximum Gasteiger partial charge on any atom is 0.262 e. The summed E-state index contributed by atoms with van der Waals surface area (Å²) in [5, 5.41) is 10.6. The zero-order chi connectivity index (χ0) is 14.0. The Morgan fingerprint density at radius 3 is 2.68 bits per heavy atom. The molecule has 0 unspecified atom stereocenters. The van der Waals surface area contributed by atoms with Crippen LogP contribution in [0.25, 0.3) is 0 Å². The van der Waals surface area contributed by atoms with Crippen molar-refractivity contribution >= 4 is 23.4 Å². The summed E-state index contributed by atoms with van der Waals surface area (Å²) in [6.07, 6.45) is 0. The van der Waals surface area contributed by atoms with Crippen molar-refractivity contribution in [1.82, 2.24) is 10.2 Å². The fraction of sp³-hybridized carbons (Fsp3) is 0.167. The van der Waals surface area contributed by atoms with E-state index >= 15 is 0 Å². The van der Waals surface area contributed by atoms with Crippen LogP contribution in [-0.2, 0) is 4.79 Å². The van der Waals surface area contributed by atoms with Crippen LogP contribution in [0.3, 0.4) is 0 Å². The number of rotatable bonds is 3. The lowest BCUT2D eigenvalue weighted by Crippen LogP contribution is -2.40. The van der Waals surface area contributed by atoms with Crippen molar-refractivity contribution in [3.05, 3.63) is 29.3 Å². The third kappa shape index (κ3) is 2.24. The first-order valence-corrected chi connectivity index (χ1v) is 5.44. The van der Waals surface area contributed by atoms with Gasteiger partial charge in [0.05, 0.1) is 17.2 Å². The Kier molecular flexibility index (Phi) is 3.16. The molecule has 7 nitrogen and oxygen atoms in total. The molecule has 7 heteroatoms. The number of anilines is 1. The highest BCUT2D eigenvalue weighted by atomic mass is 16.2. The van der Waals surface area contributed by atoms with Gasteiger partial charge in [-0.2, -0.15) is 5.26 Å². The van der Waals surface area contributed by atoms with Gasteiger partial charge in [0.15, 0.2) is 0 Å². The van der Waals surface area contributed by atoms with Gasteiger partial charge in [0.25, 0.3) is 11.8 Å². The fourth-order valence-corrected chi connectivity index (χ4v) is 1.79. The number of benzene rings is 1. The van der Waals surface area contributed by atoms with Crippen LogP contribution < -0.4 is 11.1 Å². The molecule has 0 fully saturated rings. The van der Waals surface area contributed by atoms with E-state index < -0.39 is 24.3 Å². The molecule has 0 atom stereocenters. The van der Waals surface area contributed by atoms with E-state index in [1.807, 2.05) is 0 Å². The first-order valence-electron chi connectivity index (χ1n) is 5.44. The highest BCUT2D eigenvalue weighted by molar-refractivity contribution is 6.22. The van der Waals surface area contributed by atoms with Gasteiger partial charge in [0.2, 0.25) is 5.91 Å². The van der Waals surface area contributed by atoms with Crippen molar-refractivity contribution in [1.29, 1.82) is 5.26 Å². The number of hydrogen-bond donors (Lipinski definition) is 2. The lowest BCUT2D eigenvalue weighted by atomic mass is 10.1. The number of fused-ring (bicyclic) bond motifs is 1.